The van der Waals surface area contributed by atoms with Gasteiger partial charge in [0.25, 0.3) is 0 Å². The van der Waals surface area contributed by atoms with Gasteiger partial charge < -0.3 is 5.11 Å². The fourth-order valence-electron chi connectivity index (χ4n) is 1.22. The number of benzene rings is 1. The highest BCUT2D eigenvalue weighted by Crippen LogP contribution is 2.25. The van der Waals surface area contributed by atoms with Crippen molar-refractivity contribution in [3.8, 4) is 11.4 Å². The fourth-order valence-corrected chi connectivity index (χ4v) is 1.64. The fraction of sp³-hybridized carbons (Fsp3) is 0.100. The number of nitrogens with zero attached hydrogens (tertiary/aromatic N) is 4. The van der Waals surface area contributed by atoms with Crippen LogP contribution in [-0.2, 0) is 0 Å². The summed E-state index contributed by atoms with van der Waals surface area (Å²) in [6.45, 7) is 1.67. The first-order valence-corrected chi connectivity index (χ1v) is 5.44. The normalized spacial score (nSPS) is 10.2. The highest BCUT2D eigenvalue weighted by molar-refractivity contribution is 9.10. The van der Waals surface area contributed by atoms with E-state index in [0.717, 1.165) is 0 Å². The molecule has 0 saturated heterocycles. The van der Waals surface area contributed by atoms with E-state index in [1.165, 1.54) is 12.1 Å². The second-order valence-corrected chi connectivity index (χ2v) is 4.12. The molecule has 7 heteroatoms. The maximum atomic E-state index is 10.9. The molecule has 0 radical (unpaired) electrons. The minimum Gasteiger partial charge on any atom is -0.478 e. The standard InChI is InChI=1S/C10H7BrN4O2/c1-5-12-14-9(15-13-5)7-4-6(10(16)17)2-3-8(7)11/h2-4H,1H3,(H,16,17). The lowest BCUT2D eigenvalue weighted by Gasteiger charge is -2.03. The van der Waals surface area contributed by atoms with Gasteiger partial charge in [0.05, 0.1) is 5.56 Å². The average Bonchev–Trinajstić information content (AvgIpc) is 2.31. The Morgan fingerprint density at radius 3 is 2.47 bits per heavy atom. The molecule has 1 heterocycles. The quantitative estimate of drug-likeness (QED) is 0.907. The van der Waals surface area contributed by atoms with Gasteiger partial charge in [0, 0.05) is 10.0 Å². The molecule has 2 rings (SSSR count). The van der Waals surface area contributed by atoms with E-state index in [1.54, 1.807) is 13.0 Å². The number of hydrogen-bond acceptors (Lipinski definition) is 5. The van der Waals surface area contributed by atoms with Gasteiger partial charge in [0.2, 0.25) is 5.82 Å². The zero-order valence-electron chi connectivity index (χ0n) is 8.75. The van der Waals surface area contributed by atoms with E-state index in [9.17, 15) is 4.79 Å². The van der Waals surface area contributed by atoms with Gasteiger partial charge in [0.15, 0.2) is 5.82 Å². The van der Waals surface area contributed by atoms with Crippen molar-refractivity contribution < 1.29 is 9.90 Å². The van der Waals surface area contributed by atoms with E-state index in [1.807, 2.05) is 0 Å². The van der Waals surface area contributed by atoms with E-state index in [0.29, 0.717) is 15.9 Å². The lowest BCUT2D eigenvalue weighted by molar-refractivity contribution is 0.0697. The van der Waals surface area contributed by atoms with Gasteiger partial charge in [-0.1, -0.05) is 15.9 Å². The van der Waals surface area contributed by atoms with Gasteiger partial charge in [-0.25, -0.2) is 4.79 Å². The van der Waals surface area contributed by atoms with Crippen LogP contribution in [-0.4, -0.2) is 31.5 Å². The predicted molar refractivity (Wildman–Crippen MR) is 62.5 cm³/mol. The molecular weight excluding hydrogens is 288 g/mol. The van der Waals surface area contributed by atoms with Crippen molar-refractivity contribution in [2.24, 2.45) is 0 Å². The van der Waals surface area contributed by atoms with Crippen LogP contribution in [0.5, 0.6) is 0 Å². The lowest BCUT2D eigenvalue weighted by atomic mass is 10.1. The molecule has 0 fully saturated rings. The van der Waals surface area contributed by atoms with Crippen LogP contribution < -0.4 is 0 Å². The number of aromatic carboxylic acids is 1. The van der Waals surface area contributed by atoms with Crippen molar-refractivity contribution in [3.05, 3.63) is 34.1 Å². The largest absolute Gasteiger partial charge is 0.478 e. The van der Waals surface area contributed by atoms with Crippen LogP contribution in [0.1, 0.15) is 16.2 Å². The number of carbonyl (C=O) groups is 1. The maximum Gasteiger partial charge on any atom is 0.335 e. The number of carboxylic acid groups (broad SMARTS) is 1. The molecule has 0 bridgehead atoms. The number of halogens is 1. The molecule has 1 aromatic heterocycles. The Hall–Kier alpha value is -1.89. The summed E-state index contributed by atoms with van der Waals surface area (Å²) in [5.74, 6) is -0.267. The number of hydrogen-bond donors (Lipinski definition) is 1. The average molecular weight is 295 g/mol. The Kier molecular flexibility index (Phi) is 3.10. The molecule has 0 atom stereocenters. The van der Waals surface area contributed by atoms with Gasteiger partial charge >= 0.3 is 5.97 Å². The van der Waals surface area contributed by atoms with Crippen LogP contribution in [0.3, 0.4) is 0 Å². The van der Waals surface area contributed by atoms with Crippen LogP contribution >= 0.6 is 15.9 Å². The van der Waals surface area contributed by atoms with Gasteiger partial charge in [-0.3, -0.25) is 0 Å². The van der Waals surface area contributed by atoms with Crippen molar-refractivity contribution >= 4 is 21.9 Å². The van der Waals surface area contributed by atoms with Gasteiger partial charge in [-0.2, -0.15) is 0 Å². The molecule has 0 spiro atoms. The Bertz CT molecular complexity index is 571. The summed E-state index contributed by atoms with van der Waals surface area (Å²) < 4.78 is 0.690. The molecule has 1 aromatic carbocycles. The van der Waals surface area contributed by atoms with E-state index < -0.39 is 5.97 Å². The first kappa shape index (κ1) is 11.6. The summed E-state index contributed by atoms with van der Waals surface area (Å²) in [4.78, 5) is 10.9. The van der Waals surface area contributed by atoms with Crippen LogP contribution in [0.4, 0.5) is 0 Å². The van der Waals surface area contributed by atoms with Crippen LogP contribution in [0, 0.1) is 6.92 Å². The third kappa shape index (κ3) is 2.44. The SMILES string of the molecule is Cc1nnc(-c2cc(C(=O)O)ccc2Br)nn1. The lowest BCUT2D eigenvalue weighted by Crippen LogP contribution is -2.01. The van der Waals surface area contributed by atoms with Gasteiger partial charge in [-0.05, 0) is 25.1 Å². The number of aromatic nitrogens is 4. The molecule has 1 N–H and O–H groups in total. The first-order chi connectivity index (χ1) is 8.08. The molecule has 0 aliphatic carbocycles. The molecule has 0 amide bonds. The summed E-state index contributed by atoms with van der Waals surface area (Å²) in [6.07, 6.45) is 0. The van der Waals surface area contributed by atoms with E-state index in [4.69, 9.17) is 5.11 Å². The van der Waals surface area contributed by atoms with Crippen molar-refractivity contribution in [2.75, 3.05) is 0 Å². The van der Waals surface area contributed by atoms with Crippen molar-refractivity contribution in [1.82, 2.24) is 20.4 Å². The molecule has 86 valence electrons. The van der Waals surface area contributed by atoms with Gasteiger partial charge in [-0.15, -0.1) is 20.4 Å². The van der Waals surface area contributed by atoms with Crippen molar-refractivity contribution in [1.29, 1.82) is 0 Å². The van der Waals surface area contributed by atoms with Crippen molar-refractivity contribution in [2.45, 2.75) is 6.92 Å². The van der Waals surface area contributed by atoms with Crippen LogP contribution in [0.2, 0.25) is 0 Å². The summed E-state index contributed by atoms with van der Waals surface area (Å²) in [5, 5.41) is 24.2. The smallest absolute Gasteiger partial charge is 0.335 e. The molecule has 0 aliphatic heterocycles. The maximum absolute atomic E-state index is 10.9. The molecule has 17 heavy (non-hydrogen) atoms. The van der Waals surface area contributed by atoms with E-state index >= 15 is 0 Å². The highest BCUT2D eigenvalue weighted by Gasteiger charge is 2.11. The molecule has 0 aliphatic rings. The minimum atomic E-state index is -1.01. The molecule has 6 nitrogen and oxygen atoms in total. The van der Waals surface area contributed by atoms with Crippen LogP contribution in [0.25, 0.3) is 11.4 Å². The topological polar surface area (TPSA) is 88.9 Å². The monoisotopic (exact) mass is 294 g/mol. The predicted octanol–water partition coefficient (Wildman–Crippen LogP) is 1.70. The van der Waals surface area contributed by atoms with E-state index in [2.05, 4.69) is 36.3 Å². The Morgan fingerprint density at radius 1 is 1.24 bits per heavy atom. The third-order valence-corrected chi connectivity index (χ3v) is 2.72. The van der Waals surface area contributed by atoms with Crippen molar-refractivity contribution in [3.63, 3.8) is 0 Å². The molecular formula is C10H7BrN4O2. The molecule has 0 unspecified atom stereocenters. The first-order valence-electron chi connectivity index (χ1n) is 4.65. The second-order valence-electron chi connectivity index (χ2n) is 3.27. The third-order valence-electron chi connectivity index (χ3n) is 2.03. The minimum absolute atomic E-state index is 0.160. The Labute approximate surface area is 105 Å². The van der Waals surface area contributed by atoms with Gasteiger partial charge in [0.1, 0.15) is 0 Å². The summed E-state index contributed by atoms with van der Waals surface area (Å²) in [5.41, 5.74) is 0.706. The summed E-state index contributed by atoms with van der Waals surface area (Å²) in [7, 11) is 0. The second kappa shape index (κ2) is 4.54. The summed E-state index contributed by atoms with van der Waals surface area (Å²) in [6, 6.07) is 4.59. The highest BCUT2D eigenvalue weighted by atomic mass is 79.9. The zero-order chi connectivity index (χ0) is 12.4. The number of carboxylic acids is 1. The zero-order valence-corrected chi connectivity index (χ0v) is 10.3. The van der Waals surface area contributed by atoms with Crippen LogP contribution in [0.15, 0.2) is 22.7 Å². The molecule has 2 aromatic rings. The van der Waals surface area contributed by atoms with E-state index in [-0.39, 0.29) is 11.4 Å². The summed E-state index contributed by atoms with van der Waals surface area (Å²) >= 11 is 3.31. The molecule has 0 saturated carbocycles. The Balaban J connectivity index is 2.54. The Morgan fingerprint density at radius 2 is 1.88 bits per heavy atom. The number of rotatable bonds is 2. The number of aryl methyl sites for hydroxylation is 1.